The van der Waals surface area contributed by atoms with Crippen LogP contribution in [0.5, 0.6) is 0 Å². The number of fused-ring (bicyclic) bond motifs is 1. The summed E-state index contributed by atoms with van der Waals surface area (Å²) in [6, 6.07) is 23.1. The van der Waals surface area contributed by atoms with Crippen LogP contribution in [0.3, 0.4) is 0 Å². The van der Waals surface area contributed by atoms with Gasteiger partial charge in [-0.3, -0.25) is 0 Å². The molecule has 0 amide bonds. The van der Waals surface area contributed by atoms with Crippen molar-refractivity contribution in [3.8, 4) is 0 Å². The number of piperazine rings is 1. The van der Waals surface area contributed by atoms with E-state index in [0.717, 1.165) is 73.7 Å². The van der Waals surface area contributed by atoms with Crippen LogP contribution >= 0.6 is 0 Å². The Labute approximate surface area is 212 Å². The molecule has 0 spiro atoms. The molecule has 2 aromatic heterocycles. The third kappa shape index (κ3) is 4.65. The lowest BCUT2D eigenvalue weighted by Gasteiger charge is -2.36. The van der Waals surface area contributed by atoms with Crippen molar-refractivity contribution in [2.75, 3.05) is 36.0 Å². The standard InChI is InChI=1S/C30H33N5O/c36-29(23-10-4-5-11-23)24-14-15-28(31-21-24)34-16-18-35(19-17-34)30-26-13-7-6-12-25(26)27(32-33-30)20-22-8-2-1-3-9-22/h1-3,6-9,12-15,21,23,29,36H,4-5,10-11,16-20H2. The van der Waals surface area contributed by atoms with Gasteiger partial charge in [-0.1, -0.05) is 73.5 Å². The van der Waals surface area contributed by atoms with E-state index in [-0.39, 0.29) is 6.10 Å². The number of pyridine rings is 1. The maximum Gasteiger partial charge on any atom is 0.159 e. The van der Waals surface area contributed by atoms with Gasteiger partial charge in [0.25, 0.3) is 0 Å². The number of aliphatic hydroxyl groups excluding tert-OH is 1. The molecule has 1 aliphatic carbocycles. The third-order valence-corrected chi connectivity index (χ3v) is 7.82. The summed E-state index contributed by atoms with van der Waals surface area (Å²) < 4.78 is 0. The van der Waals surface area contributed by atoms with Crippen molar-refractivity contribution < 1.29 is 5.11 Å². The maximum absolute atomic E-state index is 10.7. The molecule has 2 fully saturated rings. The highest BCUT2D eigenvalue weighted by Crippen LogP contribution is 2.35. The molecule has 36 heavy (non-hydrogen) atoms. The highest BCUT2D eigenvalue weighted by molar-refractivity contribution is 5.93. The van der Waals surface area contributed by atoms with E-state index in [2.05, 4.69) is 75.6 Å². The number of anilines is 2. The van der Waals surface area contributed by atoms with Crippen molar-refractivity contribution in [1.29, 1.82) is 0 Å². The van der Waals surface area contributed by atoms with Gasteiger partial charge in [-0.15, -0.1) is 5.10 Å². The van der Waals surface area contributed by atoms with Crippen LogP contribution in [0.4, 0.5) is 11.6 Å². The average molecular weight is 480 g/mol. The minimum absolute atomic E-state index is 0.385. The first-order valence-electron chi connectivity index (χ1n) is 13.2. The van der Waals surface area contributed by atoms with E-state index < -0.39 is 0 Å². The molecule has 1 aliphatic heterocycles. The molecule has 1 saturated heterocycles. The molecule has 6 nitrogen and oxygen atoms in total. The zero-order chi connectivity index (χ0) is 24.3. The van der Waals surface area contributed by atoms with Gasteiger partial charge >= 0.3 is 0 Å². The van der Waals surface area contributed by atoms with Crippen molar-refractivity contribution in [3.05, 3.63) is 89.7 Å². The number of aromatic nitrogens is 3. The molecule has 1 atom stereocenters. The van der Waals surface area contributed by atoms with Gasteiger partial charge in [0.1, 0.15) is 5.82 Å². The van der Waals surface area contributed by atoms with Crippen molar-refractivity contribution in [3.63, 3.8) is 0 Å². The second-order valence-corrected chi connectivity index (χ2v) is 10.1. The largest absolute Gasteiger partial charge is 0.388 e. The van der Waals surface area contributed by atoms with Crippen molar-refractivity contribution in [1.82, 2.24) is 15.2 Å². The molecule has 6 rings (SSSR count). The van der Waals surface area contributed by atoms with Crippen molar-refractivity contribution in [2.45, 2.75) is 38.2 Å². The normalized spacial score (nSPS) is 17.6. The van der Waals surface area contributed by atoms with E-state index in [4.69, 9.17) is 10.1 Å². The first-order valence-corrected chi connectivity index (χ1v) is 13.2. The summed E-state index contributed by atoms with van der Waals surface area (Å²) in [5, 5.41) is 22.4. The van der Waals surface area contributed by atoms with Gasteiger partial charge in [0.05, 0.1) is 11.8 Å². The van der Waals surface area contributed by atoms with Gasteiger partial charge in [0, 0.05) is 49.6 Å². The van der Waals surface area contributed by atoms with E-state index in [1.807, 2.05) is 12.3 Å². The van der Waals surface area contributed by atoms with E-state index >= 15 is 0 Å². The van der Waals surface area contributed by atoms with Crippen LogP contribution in [0.25, 0.3) is 10.8 Å². The van der Waals surface area contributed by atoms with Crippen LogP contribution in [-0.2, 0) is 6.42 Å². The molecule has 1 unspecified atom stereocenters. The molecule has 1 N–H and O–H groups in total. The van der Waals surface area contributed by atoms with Crippen LogP contribution in [-0.4, -0.2) is 46.5 Å². The summed E-state index contributed by atoms with van der Waals surface area (Å²) in [5.41, 5.74) is 3.21. The molecule has 184 valence electrons. The Morgan fingerprint density at radius 1 is 0.778 bits per heavy atom. The molecule has 2 aromatic carbocycles. The molecule has 3 heterocycles. The lowest BCUT2D eigenvalue weighted by atomic mass is 9.95. The van der Waals surface area contributed by atoms with Crippen molar-refractivity contribution >= 4 is 22.4 Å². The number of aliphatic hydroxyl groups is 1. The third-order valence-electron chi connectivity index (χ3n) is 7.82. The van der Waals surface area contributed by atoms with Gasteiger partial charge in [0.15, 0.2) is 5.82 Å². The zero-order valence-electron chi connectivity index (χ0n) is 20.6. The number of benzene rings is 2. The lowest BCUT2D eigenvalue weighted by molar-refractivity contribution is 0.111. The summed E-state index contributed by atoms with van der Waals surface area (Å²) in [6.07, 6.45) is 6.96. The molecule has 1 saturated carbocycles. The van der Waals surface area contributed by atoms with Gasteiger partial charge in [-0.2, -0.15) is 5.10 Å². The van der Waals surface area contributed by atoms with Crippen LogP contribution in [0, 0.1) is 5.92 Å². The monoisotopic (exact) mass is 479 g/mol. The Morgan fingerprint density at radius 3 is 2.19 bits per heavy atom. The minimum atomic E-state index is -0.386. The van der Waals surface area contributed by atoms with Crippen LogP contribution in [0.15, 0.2) is 72.9 Å². The number of nitrogens with zero attached hydrogens (tertiary/aromatic N) is 5. The van der Waals surface area contributed by atoms with Gasteiger partial charge < -0.3 is 14.9 Å². The zero-order valence-corrected chi connectivity index (χ0v) is 20.6. The first kappa shape index (κ1) is 22.9. The Morgan fingerprint density at radius 2 is 1.47 bits per heavy atom. The number of hydrogen-bond acceptors (Lipinski definition) is 6. The van der Waals surface area contributed by atoms with E-state index in [0.29, 0.717) is 5.92 Å². The Kier molecular flexibility index (Phi) is 6.51. The van der Waals surface area contributed by atoms with Gasteiger partial charge in [0.2, 0.25) is 0 Å². The summed E-state index contributed by atoms with van der Waals surface area (Å²) >= 11 is 0. The maximum atomic E-state index is 10.7. The second kappa shape index (κ2) is 10.2. The van der Waals surface area contributed by atoms with E-state index in [1.54, 1.807) is 0 Å². The summed E-state index contributed by atoms with van der Waals surface area (Å²) in [7, 11) is 0. The van der Waals surface area contributed by atoms with Crippen LogP contribution in [0.1, 0.15) is 48.6 Å². The Balaban J connectivity index is 1.15. The molecule has 6 heteroatoms. The van der Waals surface area contributed by atoms with Crippen molar-refractivity contribution in [2.24, 2.45) is 5.92 Å². The first-order chi connectivity index (χ1) is 17.8. The van der Waals surface area contributed by atoms with Crippen LogP contribution < -0.4 is 9.80 Å². The lowest BCUT2D eigenvalue weighted by Crippen LogP contribution is -2.47. The van der Waals surface area contributed by atoms with E-state index in [1.165, 1.54) is 23.8 Å². The second-order valence-electron chi connectivity index (χ2n) is 10.1. The molecule has 0 radical (unpaired) electrons. The minimum Gasteiger partial charge on any atom is -0.388 e. The average Bonchev–Trinajstić information content (AvgIpc) is 3.49. The fourth-order valence-electron chi connectivity index (χ4n) is 5.75. The van der Waals surface area contributed by atoms with Crippen LogP contribution in [0.2, 0.25) is 0 Å². The number of hydrogen-bond donors (Lipinski definition) is 1. The quantitative estimate of drug-likeness (QED) is 0.412. The highest BCUT2D eigenvalue weighted by atomic mass is 16.3. The van der Waals surface area contributed by atoms with Gasteiger partial charge in [-0.25, -0.2) is 4.98 Å². The topological polar surface area (TPSA) is 65.4 Å². The van der Waals surface area contributed by atoms with E-state index in [9.17, 15) is 5.11 Å². The molecular weight excluding hydrogens is 446 g/mol. The Bertz CT molecular complexity index is 1300. The fourth-order valence-corrected chi connectivity index (χ4v) is 5.75. The summed E-state index contributed by atoms with van der Waals surface area (Å²) in [5.74, 6) is 2.33. The highest BCUT2D eigenvalue weighted by Gasteiger charge is 2.26. The number of rotatable bonds is 6. The predicted octanol–water partition coefficient (Wildman–Crippen LogP) is 5.17. The summed E-state index contributed by atoms with van der Waals surface area (Å²) in [6.45, 7) is 3.48. The SMILES string of the molecule is OC(c1ccc(N2CCN(c3nnc(Cc4ccccc4)c4ccccc34)CC2)nc1)C1CCCC1. The molecule has 4 aromatic rings. The van der Waals surface area contributed by atoms with Gasteiger partial charge in [-0.05, 0) is 36.0 Å². The predicted molar refractivity (Wildman–Crippen MR) is 144 cm³/mol. The fraction of sp³-hybridized carbons (Fsp3) is 0.367. The Hall–Kier alpha value is -3.51. The smallest absolute Gasteiger partial charge is 0.159 e. The summed E-state index contributed by atoms with van der Waals surface area (Å²) in [4.78, 5) is 9.38. The molecular formula is C30H33N5O. The molecule has 0 bridgehead atoms. The molecule has 2 aliphatic rings.